The van der Waals surface area contributed by atoms with Crippen molar-refractivity contribution < 1.29 is 10.0 Å². The van der Waals surface area contributed by atoms with E-state index in [0.717, 1.165) is 0 Å². The minimum absolute atomic E-state index is 0.110. The summed E-state index contributed by atoms with van der Waals surface area (Å²) in [5.41, 5.74) is -0.00115. The maximum atomic E-state index is 11.0. The van der Waals surface area contributed by atoms with Crippen LogP contribution in [0, 0.1) is 10.1 Å². The Kier molecular flexibility index (Phi) is 5.44. The van der Waals surface area contributed by atoms with Crippen LogP contribution in [-0.4, -0.2) is 22.2 Å². The van der Waals surface area contributed by atoms with E-state index in [0.29, 0.717) is 24.9 Å². The molecule has 1 aromatic rings. The Morgan fingerprint density at radius 3 is 2.47 bits per heavy atom. The van der Waals surface area contributed by atoms with Crippen molar-refractivity contribution in [3.05, 3.63) is 39.9 Å². The van der Waals surface area contributed by atoms with Crippen LogP contribution < -0.4 is 5.32 Å². The van der Waals surface area contributed by atoms with Crippen molar-refractivity contribution in [2.75, 3.05) is 6.54 Å². The molecule has 0 saturated heterocycles. The molecule has 19 heavy (non-hydrogen) atoms. The smallest absolute Gasteiger partial charge is 0.274 e. The van der Waals surface area contributed by atoms with Gasteiger partial charge in [-0.05, 0) is 19.8 Å². The molecule has 5 heteroatoms. The highest BCUT2D eigenvalue weighted by atomic mass is 16.6. The average molecular weight is 266 g/mol. The van der Waals surface area contributed by atoms with Crippen LogP contribution in [0.25, 0.3) is 0 Å². The van der Waals surface area contributed by atoms with Crippen LogP contribution in [0.1, 0.15) is 45.2 Å². The number of nitrogens with zero attached hydrogens (tertiary/aromatic N) is 1. The number of rotatable bonds is 7. The van der Waals surface area contributed by atoms with E-state index < -0.39 is 5.60 Å². The second-order valence-corrected chi connectivity index (χ2v) is 4.85. The molecule has 0 bridgehead atoms. The quantitative estimate of drug-likeness (QED) is 0.588. The number of benzene rings is 1. The molecule has 1 unspecified atom stereocenters. The van der Waals surface area contributed by atoms with Gasteiger partial charge < -0.3 is 10.4 Å². The zero-order valence-corrected chi connectivity index (χ0v) is 11.7. The fourth-order valence-electron chi connectivity index (χ4n) is 1.97. The minimum atomic E-state index is -0.752. The number of hydrogen-bond donors (Lipinski definition) is 2. The second kappa shape index (κ2) is 6.63. The first-order valence-corrected chi connectivity index (χ1v) is 6.62. The highest BCUT2D eigenvalue weighted by Crippen LogP contribution is 2.25. The summed E-state index contributed by atoms with van der Waals surface area (Å²) in [6.07, 6.45) is 1.31. The van der Waals surface area contributed by atoms with Crippen LogP contribution in [0.4, 0.5) is 5.69 Å². The molecule has 1 atom stereocenters. The Morgan fingerprint density at radius 2 is 1.95 bits per heavy atom. The lowest BCUT2D eigenvalue weighted by Gasteiger charge is -2.27. The topological polar surface area (TPSA) is 75.4 Å². The molecular formula is C14H22N2O3. The predicted molar refractivity (Wildman–Crippen MR) is 75.0 cm³/mol. The van der Waals surface area contributed by atoms with E-state index in [9.17, 15) is 15.2 Å². The van der Waals surface area contributed by atoms with Gasteiger partial charge >= 0.3 is 0 Å². The van der Waals surface area contributed by atoms with Crippen LogP contribution in [-0.2, 0) is 0 Å². The fourth-order valence-corrected chi connectivity index (χ4v) is 1.97. The molecule has 0 radical (unpaired) electrons. The van der Waals surface area contributed by atoms with Crippen molar-refractivity contribution >= 4 is 5.69 Å². The molecule has 106 valence electrons. The van der Waals surface area contributed by atoms with Crippen molar-refractivity contribution in [1.29, 1.82) is 0 Å². The molecule has 5 nitrogen and oxygen atoms in total. The van der Waals surface area contributed by atoms with Gasteiger partial charge in [0.15, 0.2) is 0 Å². The van der Waals surface area contributed by atoms with Gasteiger partial charge in [0.05, 0.1) is 10.5 Å². The molecule has 0 heterocycles. The Morgan fingerprint density at radius 1 is 1.37 bits per heavy atom. The Bertz CT molecular complexity index is 430. The van der Waals surface area contributed by atoms with E-state index in [2.05, 4.69) is 5.32 Å². The van der Waals surface area contributed by atoms with Crippen molar-refractivity contribution in [3.8, 4) is 0 Å². The van der Waals surface area contributed by atoms with Crippen molar-refractivity contribution in [3.63, 3.8) is 0 Å². The van der Waals surface area contributed by atoms with Crippen LogP contribution in [0.2, 0.25) is 0 Å². The van der Waals surface area contributed by atoms with Gasteiger partial charge in [-0.3, -0.25) is 10.1 Å². The summed E-state index contributed by atoms with van der Waals surface area (Å²) < 4.78 is 0. The molecule has 1 rings (SSSR count). The number of aliphatic hydroxyl groups is 1. The normalized spacial score (nSPS) is 13.3. The Labute approximate surface area is 113 Å². The summed E-state index contributed by atoms with van der Waals surface area (Å²) in [5, 5.41) is 24.4. The van der Waals surface area contributed by atoms with Crippen LogP contribution >= 0.6 is 0 Å². The molecule has 0 fully saturated rings. The van der Waals surface area contributed by atoms with E-state index in [1.54, 1.807) is 18.2 Å². The summed E-state index contributed by atoms with van der Waals surface area (Å²) in [6, 6.07) is 6.51. The van der Waals surface area contributed by atoms with Gasteiger partial charge in [0.1, 0.15) is 0 Å². The number of para-hydroxylation sites is 1. The molecule has 0 spiro atoms. The second-order valence-electron chi connectivity index (χ2n) is 4.85. The molecule has 1 aromatic carbocycles. The fraction of sp³-hybridized carbons (Fsp3) is 0.571. The van der Waals surface area contributed by atoms with Crippen molar-refractivity contribution in [2.45, 2.75) is 45.3 Å². The lowest BCUT2D eigenvalue weighted by Crippen LogP contribution is -2.40. The Balaban J connectivity index is 2.79. The first-order chi connectivity index (χ1) is 8.93. The predicted octanol–water partition coefficient (Wildman–Crippen LogP) is 2.80. The number of nitro groups is 1. The molecule has 0 amide bonds. The molecular weight excluding hydrogens is 244 g/mol. The first-order valence-electron chi connectivity index (χ1n) is 6.62. The van der Waals surface area contributed by atoms with Gasteiger partial charge in [-0.1, -0.05) is 32.0 Å². The van der Waals surface area contributed by atoms with Crippen molar-refractivity contribution in [1.82, 2.24) is 5.32 Å². The van der Waals surface area contributed by atoms with Crippen molar-refractivity contribution in [2.24, 2.45) is 0 Å². The minimum Gasteiger partial charge on any atom is -0.389 e. The standard InChI is InChI=1S/C14H22N2O3/c1-4-14(17,5-2)10-15-11(3)12-8-6-7-9-13(12)16(18)19/h6-9,11,15,17H,4-5,10H2,1-3H3. The summed E-state index contributed by atoms with van der Waals surface area (Å²) in [6.45, 7) is 6.16. The van der Waals surface area contributed by atoms with Gasteiger partial charge in [0, 0.05) is 24.2 Å². The third kappa shape index (κ3) is 4.01. The first kappa shape index (κ1) is 15.6. The lowest BCUT2D eigenvalue weighted by molar-refractivity contribution is -0.385. The molecule has 2 N–H and O–H groups in total. The highest BCUT2D eigenvalue weighted by molar-refractivity contribution is 5.41. The maximum absolute atomic E-state index is 11.0. The van der Waals surface area contributed by atoms with Gasteiger partial charge in [0.25, 0.3) is 5.69 Å². The van der Waals surface area contributed by atoms with E-state index >= 15 is 0 Å². The van der Waals surface area contributed by atoms with Gasteiger partial charge in [-0.15, -0.1) is 0 Å². The molecule has 0 saturated carbocycles. The van der Waals surface area contributed by atoms with Gasteiger partial charge in [-0.2, -0.15) is 0 Å². The van der Waals surface area contributed by atoms with Gasteiger partial charge in [-0.25, -0.2) is 0 Å². The number of nitro benzene ring substituents is 1. The zero-order chi connectivity index (χ0) is 14.5. The maximum Gasteiger partial charge on any atom is 0.274 e. The summed E-state index contributed by atoms with van der Waals surface area (Å²) in [7, 11) is 0. The van der Waals surface area contributed by atoms with Crippen LogP contribution in [0.5, 0.6) is 0 Å². The number of nitrogens with one attached hydrogen (secondary N) is 1. The van der Waals surface area contributed by atoms with Crippen LogP contribution in [0.15, 0.2) is 24.3 Å². The highest BCUT2D eigenvalue weighted by Gasteiger charge is 2.24. The van der Waals surface area contributed by atoms with Crippen LogP contribution in [0.3, 0.4) is 0 Å². The largest absolute Gasteiger partial charge is 0.389 e. The summed E-state index contributed by atoms with van der Waals surface area (Å²) in [5.74, 6) is 0. The number of hydrogen-bond acceptors (Lipinski definition) is 4. The van der Waals surface area contributed by atoms with Gasteiger partial charge in [0.2, 0.25) is 0 Å². The van der Waals surface area contributed by atoms with E-state index in [1.165, 1.54) is 6.07 Å². The molecule has 0 aliphatic rings. The monoisotopic (exact) mass is 266 g/mol. The molecule has 0 aliphatic carbocycles. The average Bonchev–Trinajstić information content (AvgIpc) is 2.44. The van der Waals surface area contributed by atoms with E-state index in [-0.39, 0.29) is 16.7 Å². The summed E-state index contributed by atoms with van der Waals surface area (Å²) in [4.78, 5) is 10.6. The molecule has 0 aromatic heterocycles. The zero-order valence-electron chi connectivity index (χ0n) is 11.7. The molecule has 0 aliphatic heterocycles. The van der Waals surface area contributed by atoms with E-state index in [1.807, 2.05) is 20.8 Å². The van der Waals surface area contributed by atoms with E-state index in [4.69, 9.17) is 0 Å². The SMILES string of the molecule is CCC(O)(CC)CNC(C)c1ccccc1[N+](=O)[O-]. The summed E-state index contributed by atoms with van der Waals surface area (Å²) >= 11 is 0. The lowest BCUT2D eigenvalue weighted by atomic mass is 9.96. The third-order valence-electron chi connectivity index (χ3n) is 3.65. The Hall–Kier alpha value is -1.46. The third-order valence-corrected chi connectivity index (χ3v) is 3.65.